The summed E-state index contributed by atoms with van der Waals surface area (Å²) in [4.78, 5) is 0. The van der Waals surface area contributed by atoms with Crippen LogP contribution in [0.2, 0.25) is 0 Å². The molecule has 0 saturated heterocycles. The maximum Gasteiger partial charge on any atom is 0.0700 e. The second-order valence-corrected chi connectivity index (χ2v) is 3.28. The molecule has 3 N–H and O–H groups in total. The first kappa shape index (κ1) is 8.10. The number of anilines is 1. The number of nitrogens with two attached hydrogens (primary N) is 1. The van der Waals surface area contributed by atoms with Crippen LogP contribution in [0, 0.1) is 6.92 Å². The summed E-state index contributed by atoms with van der Waals surface area (Å²) < 4.78 is 0. The Morgan fingerprint density at radius 3 is 3.00 bits per heavy atom. The molecule has 0 aliphatic carbocycles. The molecule has 0 aliphatic rings. The molecule has 0 radical (unpaired) electrons. The van der Waals surface area contributed by atoms with Crippen molar-refractivity contribution in [1.29, 1.82) is 0 Å². The minimum absolute atomic E-state index is 0.858. The molecule has 13 heavy (non-hydrogen) atoms. The van der Waals surface area contributed by atoms with Crippen molar-refractivity contribution in [2.75, 3.05) is 5.73 Å². The lowest BCUT2D eigenvalue weighted by Crippen LogP contribution is -1.94. The predicted octanol–water partition coefficient (Wildman–Crippen LogP) is 2.02. The lowest BCUT2D eigenvalue weighted by atomic mass is 10.0. The van der Waals surface area contributed by atoms with Gasteiger partial charge in [0.1, 0.15) is 0 Å². The smallest absolute Gasteiger partial charge is 0.0700 e. The Balaban J connectivity index is 2.85. The first-order chi connectivity index (χ1) is 6.24. The van der Waals surface area contributed by atoms with Gasteiger partial charge in [0.2, 0.25) is 0 Å². The van der Waals surface area contributed by atoms with E-state index < -0.39 is 0 Å². The fraction of sp³-hybridized carbons (Fsp3) is 0.300. The molecule has 0 saturated carbocycles. The second kappa shape index (κ2) is 2.76. The van der Waals surface area contributed by atoms with Crippen molar-refractivity contribution in [1.82, 2.24) is 10.2 Å². The van der Waals surface area contributed by atoms with Crippen molar-refractivity contribution < 1.29 is 0 Å². The first-order valence-electron chi connectivity index (χ1n) is 4.45. The van der Waals surface area contributed by atoms with Gasteiger partial charge < -0.3 is 5.73 Å². The van der Waals surface area contributed by atoms with Gasteiger partial charge in [0.05, 0.1) is 11.7 Å². The Kier molecular flexibility index (Phi) is 1.72. The number of benzene rings is 1. The number of hydrogen-bond acceptors (Lipinski definition) is 2. The number of rotatable bonds is 1. The average Bonchev–Trinajstić information content (AvgIpc) is 2.60. The van der Waals surface area contributed by atoms with Crippen molar-refractivity contribution >= 4 is 16.6 Å². The van der Waals surface area contributed by atoms with Crippen molar-refractivity contribution in [2.24, 2.45) is 0 Å². The Hall–Kier alpha value is -1.51. The monoisotopic (exact) mass is 175 g/mol. The van der Waals surface area contributed by atoms with Crippen LogP contribution in [0.3, 0.4) is 0 Å². The standard InChI is InChI=1S/C10H13N3/c1-3-7-4-6(2)10-8(9(7)11)5-12-13-10/h4-5H,3,11H2,1-2H3,(H,12,13). The van der Waals surface area contributed by atoms with E-state index in [0.717, 1.165) is 23.0 Å². The summed E-state index contributed by atoms with van der Waals surface area (Å²) in [5.41, 5.74) is 10.3. The quantitative estimate of drug-likeness (QED) is 0.651. The summed E-state index contributed by atoms with van der Waals surface area (Å²) in [5.74, 6) is 0. The number of nitrogens with one attached hydrogen (secondary N) is 1. The predicted molar refractivity (Wildman–Crippen MR) is 54.6 cm³/mol. The summed E-state index contributed by atoms with van der Waals surface area (Å²) in [6, 6.07) is 2.12. The normalized spacial score (nSPS) is 10.9. The van der Waals surface area contributed by atoms with Crippen molar-refractivity contribution in [3.05, 3.63) is 23.4 Å². The topological polar surface area (TPSA) is 54.7 Å². The number of H-pyrrole nitrogens is 1. The van der Waals surface area contributed by atoms with Crippen LogP contribution in [0.1, 0.15) is 18.1 Å². The number of aromatic amines is 1. The van der Waals surface area contributed by atoms with E-state index >= 15 is 0 Å². The molecule has 1 aromatic carbocycles. The lowest BCUT2D eigenvalue weighted by Gasteiger charge is -2.05. The van der Waals surface area contributed by atoms with Gasteiger partial charge >= 0.3 is 0 Å². The van der Waals surface area contributed by atoms with Crippen molar-refractivity contribution in [2.45, 2.75) is 20.3 Å². The molecule has 0 aliphatic heterocycles. The molecule has 0 atom stereocenters. The molecule has 0 amide bonds. The van der Waals surface area contributed by atoms with E-state index in [1.165, 1.54) is 11.1 Å². The SMILES string of the molecule is CCc1cc(C)c2[nH]ncc2c1N. The van der Waals surface area contributed by atoms with Gasteiger partial charge in [-0.2, -0.15) is 5.10 Å². The highest BCUT2D eigenvalue weighted by Gasteiger charge is 2.07. The van der Waals surface area contributed by atoms with Gasteiger partial charge in [-0.1, -0.05) is 13.0 Å². The third-order valence-corrected chi connectivity index (χ3v) is 2.44. The van der Waals surface area contributed by atoms with E-state index in [9.17, 15) is 0 Å². The minimum atomic E-state index is 0.858. The van der Waals surface area contributed by atoms with Crippen LogP contribution in [-0.4, -0.2) is 10.2 Å². The number of aromatic nitrogens is 2. The van der Waals surface area contributed by atoms with Crippen LogP contribution in [0.25, 0.3) is 10.9 Å². The van der Waals surface area contributed by atoms with Crippen LogP contribution in [0.4, 0.5) is 5.69 Å². The van der Waals surface area contributed by atoms with Gasteiger partial charge in [0.15, 0.2) is 0 Å². The zero-order valence-corrected chi connectivity index (χ0v) is 7.89. The van der Waals surface area contributed by atoms with Crippen LogP contribution in [-0.2, 0) is 6.42 Å². The van der Waals surface area contributed by atoms with Crippen LogP contribution < -0.4 is 5.73 Å². The molecular weight excluding hydrogens is 162 g/mol. The fourth-order valence-electron chi connectivity index (χ4n) is 1.67. The maximum absolute atomic E-state index is 5.98. The summed E-state index contributed by atoms with van der Waals surface area (Å²) in [5, 5.41) is 7.98. The molecular formula is C10H13N3. The summed E-state index contributed by atoms with van der Waals surface area (Å²) in [6.45, 7) is 4.18. The third-order valence-electron chi connectivity index (χ3n) is 2.44. The van der Waals surface area contributed by atoms with Crippen LogP contribution >= 0.6 is 0 Å². The zero-order chi connectivity index (χ0) is 9.42. The third kappa shape index (κ3) is 1.08. The van der Waals surface area contributed by atoms with Gasteiger partial charge in [0.25, 0.3) is 0 Å². The molecule has 0 fully saturated rings. The Morgan fingerprint density at radius 2 is 2.31 bits per heavy atom. The number of hydrogen-bond donors (Lipinski definition) is 2. The van der Waals surface area contributed by atoms with E-state index in [4.69, 9.17) is 5.73 Å². The van der Waals surface area contributed by atoms with Crippen molar-refractivity contribution in [3.63, 3.8) is 0 Å². The van der Waals surface area contributed by atoms with Gasteiger partial charge in [-0.3, -0.25) is 5.10 Å². The fourth-order valence-corrected chi connectivity index (χ4v) is 1.67. The molecule has 2 aromatic rings. The first-order valence-corrected chi connectivity index (χ1v) is 4.45. The Labute approximate surface area is 76.9 Å². The second-order valence-electron chi connectivity index (χ2n) is 3.28. The van der Waals surface area contributed by atoms with E-state index in [1.54, 1.807) is 6.20 Å². The number of nitrogen functional groups attached to an aromatic ring is 1. The van der Waals surface area contributed by atoms with Crippen LogP contribution in [0.15, 0.2) is 12.3 Å². The van der Waals surface area contributed by atoms with Crippen molar-refractivity contribution in [3.8, 4) is 0 Å². The van der Waals surface area contributed by atoms with Gasteiger partial charge in [-0.25, -0.2) is 0 Å². The largest absolute Gasteiger partial charge is 0.398 e. The molecule has 1 heterocycles. The average molecular weight is 175 g/mol. The van der Waals surface area contributed by atoms with Gasteiger partial charge in [-0.05, 0) is 24.5 Å². The van der Waals surface area contributed by atoms with Crippen LogP contribution in [0.5, 0.6) is 0 Å². The van der Waals surface area contributed by atoms with Gasteiger partial charge in [-0.15, -0.1) is 0 Å². The van der Waals surface area contributed by atoms with E-state index in [1.807, 2.05) is 0 Å². The van der Waals surface area contributed by atoms with E-state index in [-0.39, 0.29) is 0 Å². The Bertz CT molecular complexity index is 443. The number of fused-ring (bicyclic) bond motifs is 1. The molecule has 2 rings (SSSR count). The molecule has 1 aromatic heterocycles. The molecule has 3 nitrogen and oxygen atoms in total. The molecule has 68 valence electrons. The lowest BCUT2D eigenvalue weighted by molar-refractivity contribution is 1.11. The maximum atomic E-state index is 5.98. The summed E-state index contributed by atoms with van der Waals surface area (Å²) >= 11 is 0. The number of aryl methyl sites for hydroxylation is 2. The number of nitrogens with zero attached hydrogens (tertiary/aromatic N) is 1. The highest BCUT2D eigenvalue weighted by Crippen LogP contribution is 2.26. The molecule has 0 spiro atoms. The van der Waals surface area contributed by atoms with E-state index in [0.29, 0.717) is 0 Å². The summed E-state index contributed by atoms with van der Waals surface area (Å²) in [6.07, 6.45) is 2.75. The molecule has 0 unspecified atom stereocenters. The Morgan fingerprint density at radius 1 is 1.54 bits per heavy atom. The highest BCUT2D eigenvalue weighted by molar-refractivity contribution is 5.93. The highest BCUT2D eigenvalue weighted by atomic mass is 15.1. The molecule has 3 heteroatoms. The molecule has 0 bridgehead atoms. The summed E-state index contributed by atoms with van der Waals surface area (Å²) in [7, 11) is 0. The van der Waals surface area contributed by atoms with Gasteiger partial charge in [0, 0.05) is 11.1 Å². The zero-order valence-electron chi connectivity index (χ0n) is 7.89. The van der Waals surface area contributed by atoms with E-state index in [2.05, 4.69) is 30.1 Å². The minimum Gasteiger partial charge on any atom is -0.398 e.